The van der Waals surface area contributed by atoms with Crippen molar-refractivity contribution in [3.63, 3.8) is 0 Å². The molecule has 0 aliphatic carbocycles. The van der Waals surface area contributed by atoms with Gasteiger partial charge in [0.15, 0.2) is 0 Å². The summed E-state index contributed by atoms with van der Waals surface area (Å²) in [6.45, 7) is 4.55. The monoisotopic (exact) mass is 271 g/mol. The molecule has 0 radical (unpaired) electrons. The maximum Gasteiger partial charge on any atom is 0.0407 e. The van der Waals surface area contributed by atoms with E-state index in [-0.39, 0.29) is 0 Å². The van der Waals surface area contributed by atoms with Crippen LogP contribution in [0.25, 0.3) is 0 Å². The quantitative estimate of drug-likeness (QED) is 0.771. The van der Waals surface area contributed by atoms with E-state index in [1.54, 1.807) is 0 Å². The Morgan fingerprint density at radius 1 is 1.29 bits per heavy atom. The van der Waals surface area contributed by atoms with Crippen LogP contribution in [0.5, 0.6) is 0 Å². The molecule has 1 aliphatic heterocycles. The van der Waals surface area contributed by atoms with Crippen LogP contribution in [0.1, 0.15) is 5.56 Å². The average molecular weight is 272 g/mol. The molecule has 1 heterocycles. The summed E-state index contributed by atoms with van der Waals surface area (Å²) in [5, 5.41) is 0. The average Bonchev–Trinajstić information content (AvgIpc) is 2.23. The highest BCUT2D eigenvalue weighted by Gasteiger charge is 2.13. The number of halogens is 1. The molecule has 2 rings (SSSR count). The van der Waals surface area contributed by atoms with E-state index >= 15 is 0 Å². The smallest absolute Gasteiger partial charge is 0.0407 e. The van der Waals surface area contributed by atoms with Gasteiger partial charge in [-0.3, -0.25) is 0 Å². The summed E-state index contributed by atoms with van der Waals surface area (Å²) in [5.41, 5.74) is 2.75. The minimum Gasteiger partial charge on any atom is -0.370 e. The third-order valence-corrected chi connectivity index (χ3v) is 4.39. The maximum atomic E-state index is 3.58. The van der Waals surface area contributed by atoms with Crippen molar-refractivity contribution in [3.05, 3.63) is 28.2 Å². The first-order valence-corrected chi connectivity index (χ1v) is 6.81. The van der Waals surface area contributed by atoms with E-state index in [1.807, 2.05) is 11.8 Å². The largest absolute Gasteiger partial charge is 0.370 e. The fraction of sp³-hybridized carbons (Fsp3) is 0.455. The first-order valence-electron chi connectivity index (χ1n) is 4.87. The zero-order valence-electron chi connectivity index (χ0n) is 8.29. The van der Waals surface area contributed by atoms with E-state index in [0.29, 0.717) is 0 Å². The minimum atomic E-state index is 1.18. The highest BCUT2D eigenvalue weighted by molar-refractivity contribution is 9.10. The molecular weight excluding hydrogens is 258 g/mol. The minimum absolute atomic E-state index is 1.18. The van der Waals surface area contributed by atoms with Crippen molar-refractivity contribution in [3.8, 4) is 0 Å². The number of benzene rings is 1. The van der Waals surface area contributed by atoms with E-state index in [0.717, 1.165) is 0 Å². The Morgan fingerprint density at radius 3 is 2.71 bits per heavy atom. The molecule has 0 N–H and O–H groups in total. The molecule has 76 valence electrons. The Bertz CT molecular complexity index is 321. The number of hydrogen-bond donors (Lipinski definition) is 0. The fourth-order valence-electron chi connectivity index (χ4n) is 1.74. The Hall–Kier alpha value is -0.150. The van der Waals surface area contributed by atoms with Gasteiger partial charge in [-0.15, -0.1) is 0 Å². The van der Waals surface area contributed by atoms with Crippen LogP contribution in [0.4, 0.5) is 5.69 Å². The van der Waals surface area contributed by atoms with Crippen LogP contribution in [0.2, 0.25) is 0 Å². The molecule has 0 aromatic heterocycles. The first-order chi connectivity index (χ1) is 6.79. The summed E-state index contributed by atoms with van der Waals surface area (Å²) in [6.07, 6.45) is 0. The van der Waals surface area contributed by atoms with Crippen molar-refractivity contribution >= 4 is 33.4 Å². The van der Waals surface area contributed by atoms with Crippen LogP contribution in [-0.4, -0.2) is 24.6 Å². The molecule has 1 aromatic carbocycles. The lowest BCUT2D eigenvalue weighted by Crippen LogP contribution is -2.32. The predicted molar refractivity (Wildman–Crippen MR) is 68.4 cm³/mol. The van der Waals surface area contributed by atoms with Crippen LogP contribution in [0.15, 0.2) is 22.7 Å². The molecular formula is C11H14BrNS. The van der Waals surface area contributed by atoms with Gasteiger partial charge in [-0.1, -0.05) is 22.0 Å². The van der Waals surface area contributed by atoms with Crippen LogP contribution in [0.3, 0.4) is 0 Å². The van der Waals surface area contributed by atoms with E-state index in [9.17, 15) is 0 Å². The molecule has 1 aliphatic rings. The molecule has 1 saturated heterocycles. The standard InChI is InChI=1S/C11H14BrNS/c1-9-10(12)3-2-4-11(9)13-5-7-14-8-6-13/h2-4H,5-8H2,1H3. The maximum absolute atomic E-state index is 3.58. The van der Waals surface area contributed by atoms with Crippen molar-refractivity contribution in [2.45, 2.75) is 6.92 Å². The van der Waals surface area contributed by atoms with Gasteiger partial charge in [-0.25, -0.2) is 0 Å². The van der Waals surface area contributed by atoms with Gasteiger partial charge < -0.3 is 4.90 Å². The fourth-order valence-corrected chi connectivity index (χ4v) is 3.00. The van der Waals surface area contributed by atoms with Gasteiger partial charge in [0.05, 0.1) is 0 Å². The van der Waals surface area contributed by atoms with Crippen molar-refractivity contribution in [2.24, 2.45) is 0 Å². The van der Waals surface area contributed by atoms with Crippen molar-refractivity contribution < 1.29 is 0 Å². The molecule has 0 bridgehead atoms. The molecule has 0 spiro atoms. The SMILES string of the molecule is Cc1c(Br)cccc1N1CCSCC1. The summed E-state index contributed by atoms with van der Waals surface area (Å²) < 4.78 is 1.22. The van der Waals surface area contributed by atoms with E-state index < -0.39 is 0 Å². The molecule has 0 unspecified atom stereocenters. The third kappa shape index (κ3) is 2.09. The molecule has 0 amide bonds. The van der Waals surface area contributed by atoms with Crippen molar-refractivity contribution in [1.29, 1.82) is 0 Å². The third-order valence-electron chi connectivity index (χ3n) is 2.59. The van der Waals surface area contributed by atoms with Gasteiger partial charge in [0.1, 0.15) is 0 Å². The Labute approximate surface area is 98.0 Å². The summed E-state index contributed by atoms with van der Waals surface area (Å²) >= 11 is 5.63. The molecule has 1 fully saturated rings. The summed E-state index contributed by atoms with van der Waals surface area (Å²) in [6, 6.07) is 6.45. The zero-order chi connectivity index (χ0) is 9.97. The normalized spacial score (nSPS) is 17.1. The molecule has 0 saturated carbocycles. The van der Waals surface area contributed by atoms with E-state index in [1.165, 1.54) is 40.3 Å². The van der Waals surface area contributed by atoms with Gasteiger partial charge in [0.25, 0.3) is 0 Å². The van der Waals surface area contributed by atoms with Gasteiger partial charge in [0.2, 0.25) is 0 Å². The van der Waals surface area contributed by atoms with Crippen molar-refractivity contribution in [1.82, 2.24) is 0 Å². The number of rotatable bonds is 1. The summed E-state index contributed by atoms with van der Waals surface area (Å²) in [5.74, 6) is 2.51. The van der Waals surface area contributed by atoms with Gasteiger partial charge >= 0.3 is 0 Å². The highest BCUT2D eigenvalue weighted by atomic mass is 79.9. The van der Waals surface area contributed by atoms with Gasteiger partial charge in [-0.2, -0.15) is 11.8 Å². The molecule has 3 heteroatoms. The Morgan fingerprint density at radius 2 is 2.00 bits per heavy atom. The van der Waals surface area contributed by atoms with Crippen LogP contribution in [0, 0.1) is 6.92 Å². The first kappa shape index (κ1) is 10.4. The highest BCUT2D eigenvalue weighted by Crippen LogP contribution is 2.28. The van der Waals surface area contributed by atoms with E-state index in [4.69, 9.17) is 0 Å². The van der Waals surface area contributed by atoms with Crippen LogP contribution >= 0.6 is 27.7 Å². The van der Waals surface area contributed by atoms with E-state index in [2.05, 4.69) is 46.0 Å². The van der Waals surface area contributed by atoms with Gasteiger partial charge in [-0.05, 0) is 24.6 Å². The second-order valence-corrected chi connectivity index (χ2v) is 5.56. The lowest BCUT2D eigenvalue weighted by molar-refractivity contribution is 0.854. The predicted octanol–water partition coefficient (Wildman–Crippen LogP) is 3.31. The Balaban J connectivity index is 2.26. The Kier molecular flexibility index (Phi) is 3.39. The van der Waals surface area contributed by atoms with Crippen LogP contribution in [-0.2, 0) is 0 Å². The number of nitrogens with zero attached hydrogens (tertiary/aromatic N) is 1. The molecule has 0 atom stereocenters. The summed E-state index contributed by atoms with van der Waals surface area (Å²) in [4.78, 5) is 2.48. The second kappa shape index (κ2) is 4.58. The topological polar surface area (TPSA) is 3.24 Å². The lowest BCUT2D eigenvalue weighted by atomic mass is 10.2. The summed E-state index contributed by atoms with van der Waals surface area (Å²) in [7, 11) is 0. The number of hydrogen-bond acceptors (Lipinski definition) is 2. The number of anilines is 1. The second-order valence-electron chi connectivity index (χ2n) is 3.48. The van der Waals surface area contributed by atoms with Crippen molar-refractivity contribution in [2.75, 3.05) is 29.5 Å². The number of thioether (sulfide) groups is 1. The molecule has 1 aromatic rings. The van der Waals surface area contributed by atoms with Gasteiger partial charge in [0, 0.05) is 34.8 Å². The molecule has 1 nitrogen and oxygen atoms in total. The zero-order valence-corrected chi connectivity index (χ0v) is 10.7. The molecule has 14 heavy (non-hydrogen) atoms. The van der Waals surface area contributed by atoms with Crippen LogP contribution < -0.4 is 4.90 Å². The lowest BCUT2D eigenvalue weighted by Gasteiger charge is -2.30.